The molecule has 0 saturated heterocycles. The van der Waals surface area contributed by atoms with Crippen LogP contribution >= 0.6 is 0 Å². The lowest BCUT2D eigenvalue weighted by Crippen LogP contribution is -2.05. The van der Waals surface area contributed by atoms with Gasteiger partial charge in [-0.2, -0.15) is 0 Å². The molecule has 0 radical (unpaired) electrons. The smallest absolute Gasteiger partial charge is 0.168 e. The van der Waals surface area contributed by atoms with E-state index in [1.54, 1.807) is 0 Å². The predicted molar refractivity (Wildman–Crippen MR) is 117 cm³/mol. The molecule has 0 aromatic heterocycles. The highest BCUT2D eigenvalue weighted by atomic mass is 16.5. The first kappa shape index (κ1) is 22.3. The molecule has 0 amide bonds. The number of rotatable bonds is 12. The maximum absolute atomic E-state index is 6.09. The van der Waals surface area contributed by atoms with Crippen molar-refractivity contribution in [2.24, 2.45) is 10.9 Å². The van der Waals surface area contributed by atoms with E-state index in [1.165, 1.54) is 11.3 Å². The molecular weight excluding hydrogens is 350 g/mol. The number of ether oxygens (including phenoxy) is 3. The average molecular weight is 388 g/mol. The summed E-state index contributed by atoms with van der Waals surface area (Å²) in [6.07, 6.45) is 3.09. The zero-order chi connectivity index (χ0) is 20.5. The molecule has 2 rings (SSSR count). The molecular formula is C24H37NO3. The molecule has 0 N–H and O–H groups in total. The molecule has 156 valence electrons. The number of hydrogen-bond acceptors (Lipinski definition) is 4. The number of benzene rings is 1. The fourth-order valence-electron chi connectivity index (χ4n) is 3.90. The molecule has 0 spiro atoms. The van der Waals surface area contributed by atoms with Crippen molar-refractivity contribution in [1.82, 2.24) is 0 Å². The van der Waals surface area contributed by atoms with Gasteiger partial charge in [0.05, 0.1) is 25.4 Å². The van der Waals surface area contributed by atoms with Gasteiger partial charge in [-0.3, -0.25) is 4.99 Å². The van der Waals surface area contributed by atoms with E-state index in [9.17, 15) is 0 Å². The lowest BCUT2D eigenvalue weighted by Gasteiger charge is -2.16. The highest BCUT2D eigenvalue weighted by Crippen LogP contribution is 2.48. The second-order valence-corrected chi connectivity index (χ2v) is 7.62. The van der Waals surface area contributed by atoms with E-state index in [2.05, 4.69) is 32.9 Å². The summed E-state index contributed by atoms with van der Waals surface area (Å²) >= 11 is 0. The van der Waals surface area contributed by atoms with E-state index in [0.717, 1.165) is 48.6 Å². The second kappa shape index (κ2) is 11.1. The fourth-order valence-corrected chi connectivity index (χ4v) is 3.90. The summed E-state index contributed by atoms with van der Waals surface area (Å²) in [5.41, 5.74) is 3.57. The van der Waals surface area contributed by atoms with Crippen LogP contribution in [-0.2, 0) is 9.47 Å². The SMILES string of the molecule is CCOC1=C(OCC)C(CCCN=C(C)CC(C)C)c2cccc(OCC)c21. The van der Waals surface area contributed by atoms with Crippen molar-refractivity contribution in [3.05, 3.63) is 35.1 Å². The minimum atomic E-state index is 0.206. The Hall–Kier alpha value is -1.97. The standard InChI is InChI=1S/C24H37NO3/c1-7-26-21-14-10-12-19-20(13-11-15-25-18(6)16-17(4)5)23(27-8-2)24(22(19)21)28-9-3/h10,12,14,17,20H,7-9,11,13,15-16H2,1-6H3. The number of nitrogens with zero attached hydrogens (tertiary/aromatic N) is 1. The van der Waals surface area contributed by atoms with E-state index >= 15 is 0 Å². The molecule has 0 fully saturated rings. The van der Waals surface area contributed by atoms with Crippen molar-refractivity contribution in [3.8, 4) is 5.75 Å². The first-order chi connectivity index (χ1) is 13.5. The molecule has 1 atom stereocenters. The van der Waals surface area contributed by atoms with Gasteiger partial charge in [0.2, 0.25) is 0 Å². The molecule has 0 bridgehead atoms. The van der Waals surface area contributed by atoms with Crippen molar-refractivity contribution < 1.29 is 14.2 Å². The molecule has 4 heteroatoms. The summed E-state index contributed by atoms with van der Waals surface area (Å²) < 4.78 is 18.0. The first-order valence-electron chi connectivity index (χ1n) is 10.8. The largest absolute Gasteiger partial charge is 0.494 e. The summed E-state index contributed by atoms with van der Waals surface area (Å²) in [6, 6.07) is 6.27. The zero-order valence-electron chi connectivity index (χ0n) is 18.5. The van der Waals surface area contributed by atoms with E-state index in [0.29, 0.717) is 25.7 Å². The third-order valence-electron chi connectivity index (χ3n) is 4.83. The maximum atomic E-state index is 6.09. The Morgan fingerprint density at radius 2 is 1.75 bits per heavy atom. The number of aliphatic imine (C=N–C) groups is 1. The first-order valence-corrected chi connectivity index (χ1v) is 10.8. The van der Waals surface area contributed by atoms with Crippen LogP contribution < -0.4 is 4.74 Å². The molecule has 28 heavy (non-hydrogen) atoms. The predicted octanol–water partition coefficient (Wildman–Crippen LogP) is 6.21. The summed E-state index contributed by atoms with van der Waals surface area (Å²) in [6.45, 7) is 15.4. The summed E-state index contributed by atoms with van der Waals surface area (Å²) in [7, 11) is 0. The van der Waals surface area contributed by atoms with Crippen LogP contribution in [0.5, 0.6) is 5.75 Å². The van der Waals surface area contributed by atoms with Crippen LogP contribution in [0, 0.1) is 5.92 Å². The second-order valence-electron chi connectivity index (χ2n) is 7.62. The van der Waals surface area contributed by atoms with E-state index in [1.807, 2.05) is 26.8 Å². The molecule has 1 aliphatic carbocycles. The number of allylic oxidation sites excluding steroid dienone is 1. The Morgan fingerprint density at radius 1 is 1.04 bits per heavy atom. The van der Waals surface area contributed by atoms with Crippen LogP contribution in [0.4, 0.5) is 0 Å². The normalized spacial score (nSPS) is 16.5. The van der Waals surface area contributed by atoms with Crippen molar-refractivity contribution in [1.29, 1.82) is 0 Å². The van der Waals surface area contributed by atoms with Crippen molar-refractivity contribution in [2.45, 2.75) is 66.7 Å². The number of fused-ring (bicyclic) bond motifs is 1. The van der Waals surface area contributed by atoms with Gasteiger partial charge in [-0.15, -0.1) is 0 Å². The van der Waals surface area contributed by atoms with Gasteiger partial charge < -0.3 is 14.2 Å². The van der Waals surface area contributed by atoms with Gasteiger partial charge in [0.1, 0.15) is 11.5 Å². The lowest BCUT2D eigenvalue weighted by atomic mass is 9.94. The van der Waals surface area contributed by atoms with E-state index in [-0.39, 0.29) is 5.92 Å². The molecule has 0 heterocycles. The summed E-state index contributed by atoms with van der Waals surface area (Å²) in [5, 5.41) is 0. The minimum Gasteiger partial charge on any atom is -0.494 e. The highest BCUT2D eigenvalue weighted by Gasteiger charge is 2.36. The Labute approximate surface area is 171 Å². The van der Waals surface area contributed by atoms with Gasteiger partial charge in [0.25, 0.3) is 0 Å². The average Bonchev–Trinajstić information content (AvgIpc) is 2.93. The molecule has 1 unspecified atom stereocenters. The highest BCUT2D eigenvalue weighted by molar-refractivity contribution is 5.82. The van der Waals surface area contributed by atoms with Crippen LogP contribution in [0.15, 0.2) is 29.0 Å². The fraction of sp³-hybridized carbons (Fsp3) is 0.625. The Balaban J connectivity index is 2.24. The van der Waals surface area contributed by atoms with Crippen LogP contribution in [0.25, 0.3) is 5.76 Å². The summed E-state index contributed by atoms with van der Waals surface area (Å²) in [5.74, 6) is 3.55. The molecule has 0 aliphatic heterocycles. The third-order valence-corrected chi connectivity index (χ3v) is 4.83. The van der Waals surface area contributed by atoms with Gasteiger partial charge in [-0.25, -0.2) is 0 Å². The van der Waals surface area contributed by atoms with Gasteiger partial charge in [-0.05, 0) is 64.5 Å². The van der Waals surface area contributed by atoms with Gasteiger partial charge >= 0.3 is 0 Å². The minimum absolute atomic E-state index is 0.206. The van der Waals surface area contributed by atoms with E-state index < -0.39 is 0 Å². The molecule has 0 saturated carbocycles. The quantitative estimate of drug-likeness (QED) is 0.316. The van der Waals surface area contributed by atoms with Crippen LogP contribution in [0.1, 0.15) is 77.8 Å². The van der Waals surface area contributed by atoms with Crippen molar-refractivity contribution in [2.75, 3.05) is 26.4 Å². The number of hydrogen-bond donors (Lipinski definition) is 0. The lowest BCUT2D eigenvalue weighted by molar-refractivity contribution is 0.191. The van der Waals surface area contributed by atoms with Crippen molar-refractivity contribution in [3.63, 3.8) is 0 Å². The zero-order valence-corrected chi connectivity index (χ0v) is 18.5. The van der Waals surface area contributed by atoms with Gasteiger partial charge in [-0.1, -0.05) is 26.0 Å². The Bertz CT molecular complexity index is 691. The monoisotopic (exact) mass is 387 g/mol. The molecule has 4 nitrogen and oxygen atoms in total. The molecule has 1 aliphatic rings. The molecule has 1 aromatic rings. The Kier molecular flexibility index (Phi) is 8.88. The maximum Gasteiger partial charge on any atom is 0.168 e. The Morgan fingerprint density at radius 3 is 2.39 bits per heavy atom. The van der Waals surface area contributed by atoms with Crippen LogP contribution in [0.2, 0.25) is 0 Å². The topological polar surface area (TPSA) is 40.0 Å². The van der Waals surface area contributed by atoms with Crippen LogP contribution in [0.3, 0.4) is 0 Å². The van der Waals surface area contributed by atoms with Gasteiger partial charge in [0, 0.05) is 18.2 Å². The van der Waals surface area contributed by atoms with Gasteiger partial charge in [0.15, 0.2) is 5.76 Å². The third kappa shape index (κ3) is 5.52. The molecule has 1 aromatic carbocycles. The van der Waals surface area contributed by atoms with Crippen molar-refractivity contribution >= 4 is 11.5 Å². The van der Waals surface area contributed by atoms with E-state index in [4.69, 9.17) is 19.2 Å². The van der Waals surface area contributed by atoms with Crippen LogP contribution in [-0.4, -0.2) is 32.1 Å². The summed E-state index contributed by atoms with van der Waals surface area (Å²) in [4.78, 5) is 4.76.